The monoisotopic (exact) mass is 366 g/mol. The molecule has 5 heteroatoms. The zero-order valence-electron chi connectivity index (χ0n) is 16.5. The summed E-state index contributed by atoms with van der Waals surface area (Å²) in [7, 11) is 0. The first-order valence-corrected chi connectivity index (χ1v) is 8.88. The third-order valence-corrected chi connectivity index (χ3v) is 4.24. The van der Waals surface area contributed by atoms with Crippen molar-refractivity contribution in [1.29, 1.82) is 0 Å². The largest absolute Gasteiger partial charge is 0.325 e. The molecule has 0 aliphatic rings. The van der Waals surface area contributed by atoms with E-state index < -0.39 is 0 Å². The molecule has 0 aromatic heterocycles. The van der Waals surface area contributed by atoms with Crippen LogP contribution in [0.1, 0.15) is 50.5 Å². The van der Waals surface area contributed by atoms with Crippen LogP contribution in [0.15, 0.2) is 48.5 Å². The van der Waals surface area contributed by atoms with Crippen molar-refractivity contribution < 1.29 is 14.4 Å². The van der Waals surface area contributed by atoms with Gasteiger partial charge in [-0.2, -0.15) is 0 Å². The molecule has 0 fully saturated rings. The van der Waals surface area contributed by atoms with E-state index in [1.807, 2.05) is 24.3 Å². The number of anilines is 2. The normalized spacial score (nSPS) is 11.0. The minimum absolute atomic E-state index is 0.0735. The van der Waals surface area contributed by atoms with Gasteiger partial charge in [-0.3, -0.25) is 14.4 Å². The minimum atomic E-state index is -0.324. The molecule has 142 valence electrons. The number of carbonyl (C=O) groups is 3. The predicted octanol–water partition coefficient (Wildman–Crippen LogP) is 4.18. The SMILES string of the molecule is CC(=O)c1cccc(NC(=O)CN(C(C)=O)c2ccccc2C(C)(C)C)c1. The second-order valence-electron chi connectivity index (χ2n) is 7.56. The molecule has 0 bridgehead atoms. The molecule has 27 heavy (non-hydrogen) atoms. The number of hydrogen-bond acceptors (Lipinski definition) is 3. The van der Waals surface area contributed by atoms with Crippen LogP contribution in [-0.4, -0.2) is 24.1 Å². The van der Waals surface area contributed by atoms with Gasteiger partial charge >= 0.3 is 0 Å². The van der Waals surface area contributed by atoms with Crippen LogP contribution in [0.5, 0.6) is 0 Å². The third kappa shape index (κ3) is 5.26. The number of nitrogens with zero attached hydrogens (tertiary/aromatic N) is 1. The van der Waals surface area contributed by atoms with Gasteiger partial charge in [0, 0.05) is 23.9 Å². The lowest BCUT2D eigenvalue weighted by atomic mass is 9.85. The number of Topliss-reactive ketones (excluding diaryl/α,β-unsaturated/α-hetero) is 1. The molecular weight excluding hydrogens is 340 g/mol. The van der Waals surface area contributed by atoms with Crippen LogP contribution in [0.2, 0.25) is 0 Å². The molecule has 1 N–H and O–H groups in total. The third-order valence-electron chi connectivity index (χ3n) is 4.24. The second-order valence-corrected chi connectivity index (χ2v) is 7.56. The Balaban J connectivity index is 2.25. The molecule has 0 saturated carbocycles. The highest BCUT2D eigenvalue weighted by atomic mass is 16.2. The van der Waals surface area contributed by atoms with E-state index in [1.54, 1.807) is 24.3 Å². The van der Waals surface area contributed by atoms with Crippen molar-refractivity contribution >= 4 is 29.0 Å². The maximum absolute atomic E-state index is 12.6. The Hall–Kier alpha value is -2.95. The zero-order chi connectivity index (χ0) is 20.2. The van der Waals surface area contributed by atoms with Crippen molar-refractivity contribution in [2.75, 3.05) is 16.8 Å². The number of rotatable bonds is 5. The van der Waals surface area contributed by atoms with E-state index in [0.717, 1.165) is 11.3 Å². The van der Waals surface area contributed by atoms with Gasteiger partial charge in [0.05, 0.1) is 0 Å². The fourth-order valence-corrected chi connectivity index (χ4v) is 2.87. The molecule has 2 amide bonds. The average Bonchev–Trinajstić information content (AvgIpc) is 2.59. The molecule has 0 saturated heterocycles. The molecule has 5 nitrogen and oxygen atoms in total. The Morgan fingerprint density at radius 2 is 1.63 bits per heavy atom. The van der Waals surface area contributed by atoms with Crippen LogP contribution < -0.4 is 10.2 Å². The van der Waals surface area contributed by atoms with Gasteiger partial charge in [0.2, 0.25) is 11.8 Å². The summed E-state index contributed by atoms with van der Waals surface area (Å²) in [5.74, 6) is -0.607. The van der Waals surface area contributed by atoms with E-state index in [2.05, 4.69) is 26.1 Å². The minimum Gasteiger partial charge on any atom is -0.325 e. The number of nitrogens with one attached hydrogen (secondary N) is 1. The number of hydrogen-bond donors (Lipinski definition) is 1. The molecule has 0 spiro atoms. The number of para-hydroxylation sites is 1. The molecule has 0 radical (unpaired) electrons. The van der Waals surface area contributed by atoms with E-state index in [0.29, 0.717) is 11.3 Å². The quantitative estimate of drug-likeness (QED) is 0.807. The fraction of sp³-hybridized carbons (Fsp3) is 0.318. The van der Waals surface area contributed by atoms with Crippen LogP contribution in [0, 0.1) is 0 Å². The maximum atomic E-state index is 12.6. The predicted molar refractivity (Wildman–Crippen MR) is 108 cm³/mol. The van der Waals surface area contributed by atoms with E-state index in [-0.39, 0.29) is 29.6 Å². The molecule has 2 aromatic rings. The maximum Gasteiger partial charge on any atom is 0.244 e. The topological polar surface area (TPSA) is 66.5 Å². The Morgan fingerprint density at radius 3 is 2.22 bits per heavy atom. The summed E-state index contributed by atoms with van der Waals surface area (Å²) in [6, 6.07) is 14.4. The van der Waals surface area contributed by atoms with Gasteiger partial charge in [-0.1, -0.05) is 51.1 Å². The fourth-order valence-electron chi connectivity index (χ4n) is 2.87. The Bertz CT molecular complexity index is 866. The standard InChI is InChI=1S/C22H26N2O3/c1-15(25)17-9-8-10-18(13-17)23-21(27)14-24(16(2)26)20-12-7-6-11-19(20)22(3,4)5/h6-13H,14H2,1-5H3,(H,23,27). The van der Waals surface area contributed by atoms with Crippen LogP contribution in [0.4, 0.5) is 11.4 Å². The van der Waals surface area contributed by atoms with Gasteiger partial charge < -0.3 is 10.2 Å². The molecule has 0 atom stereocenters. The summed E-state index contributed by atoms with van der Waals surface area (Å²) < 4.78 is 0. The molecule has 0 aliphatic carbocycles. The van der Waals surface area contributed by atoms with E-state index in [9.17, 15) is 14.4 Å². The summed E-state index contributed by atoms with van der Waals surface area (Å²) in [5.41, 5.74) is 2.60. The summed E-state index contributed by atoms with van der Waals surface area (Å²) >= 11 is 0. The number of amides is 2. The van der Waals surface area contributed by atoms with Gasteiger partial charge in [0.1, 0.15) is 6.54 Å². The number of carbonyl (C=O) groups excluding carboxylic acids is 3. The summed E-state index contributed by atoms with van der Waals surface area (Å²) in [6.07, 6.45) is 0. The van der Waals surface area contributed by atoms with Crippen molar-refractivity contribution in [3.8, 4) is 0 Å². The zero-order valence-corrected chi connectivity index (χ0v) is 16.5. The average molecular weight is 366 g/mol. The van der Waals surface area contributed by atoms with Crippen LogP contribution in [-0.2, 0) is 15.0 Å². The Kier molecular flexibility index (Phi) is 6.16. The summed E-state index contributed by atoms with van der Waals surface area (Å²) in [5, 5.41) is 2.77. The molecule has 0 aliphatic heterocycles. The van der Waals surface area contributed by atoms with Gasteiger partial charge in [-0.05, 0) is 36.1 Å². The van der Waals surface area contributed by atoms with Crippen molar-refractivity contribution in [3.63, 3.8) is 0 Å². The molecular formula is C22H26N2O3. The lowest BCUT2D eigenvalue weighted by Gasteiger charge is -2.29. The second kappa shape index (κ2) is 8.16. The van der Waals surface area contributed by atoms with Crippen LogP contribution in [0.3, 0.4) is 0 Å². The molecule has 2 aromatic carbocycles. The van der Waals surface area contributed by atoms with Gasteiger partial charge in [-0.25, -0.2) is 0 Å². The van der Waals surface area contributed by atoms with Gasteiger partial charge in [0.15, 0.2) is 5.78 Å². The lowest BCUT2D eigenvalue weighted by molar-refractivity contribution is -0.120. The number of benzene rings is 2. The molecule has 0 unspecified atom stereocenters. The van der Waals surface area contributed by atoms with E-state index >= 15 is 0 Å². The first-order valence-electron chi connectivity index (χ1n) is 8.88. The van der Waals surface area contributed by atoms with E-state index in [4.69, 9.17) is 0 Å². The Labute approximate surface area is 160 Å². The highest BCUT2D eigenvalue weighted by molar-refractivity contribution is 6.03. The van der Waals surface area contributed by atoms with E-state index in [1.165, 1.54) is 18.7 Å². The lowest BCUT2D eigenvalue weighted by Crippen LogP contribution is -2.38. The van der Waals surface area contributed by atoms with Crippen molar-refractivity contribution in [3.05, 3.63) is 59.7 Å². The molecule has 0 heterocycles. The highest BCUT2D eigenvalue weighted by Gasteiger charge is 2.24. The van der Waals surface area contributed by atoms with Crippen LogP contribution in [0.25, 0.3) is 0 Å². The summed E-state index contributed by atoms with van der Waals surface area (Å²) in [4.78, 5) is 37.8. The smallest absolute Gasteiger partial charge is 0.244 e. The number of ketones is 1. The van der Waals surface area contributed by atoms with Gasteiger partial charge in [-0.15, -0.1) is 0 Å². The van der Waals surface area contributed by atoms with Crippen molar-refractivity contribution in [2.45, 2.75) is 40.0 Å². The van der Waals surface area contributed by atoms with Gasteiger partial charge in [0.25, 0.3) is 0 Å². The van der Waals surface area contributed by atoms with Crippen molar-refractivity contribution in [1.82, 2.24) is 0 Å². The highest BCUT2D eigenvalue weighted by Crippen LogP contribution is 2.32. The Morgan fingerprint density at radius 1 is 0.963 bits per heavy atom. The summed E-state index contributed by atoms with van der Waals surface area (Å²) in [6.45, 7) is 9.02. The first kappa shape index (κ1) is 20.4. The van der Waals surface area contributed by atoms with Crippen LogP contribution >= 0.6 is 0 Å². The molecule has 2 rings (SSSR count). The van der Waals surface area contributed by atoms with Crippen molar-refractivity contribution in [2.24, 2.45) is 0 Å². The first-order chi connectivity index (χ1) is 12.6.